The zero-order chi connectivity index (χ0) is 16.5. The third-order valence-corrected chi connectivity index (χ3v) is 3.83. The van der Waals surface area contributed by atoms with Gasteiger partial charge in [0.2, 0.25) is 0 Å². The summed E-state index contributed by atoms with van der Waals surface area (Å²) in [4.78, 5) is 4.04. The van der Waals surface area contributed by atoms with Crippen LogP contribution in [0.4, 0.5) is 0 Å². The van der Waals surface area contributed by atoms with Gasteiger partial charge in [0.25, 0.3) is 0 Å². The lowest BCUT2D eigenvalue weighted by atomic mass is 10.2. The van der Waals surface area contributed by atoms with Gasteiger partial charge in [0, 0.05) is 25.5 Å². The molecule has 0 aliphatic heterocycles. The van der Waals surface area contributed by atoms with Crippen molar-refractivity contribution in [1.29, 1.82) is 0 Å². The molecule has 124 valence electrons. The summed E-state index contributed by atoms with van der Waals surface area (Å²) in [6, 6.07) is 18.5. The SMILES string of the molecule is c1ccc(COc2ccc(CNCCCn3ccnc3)cc2)cc1. The van der Waals surface area contributed by atoms with Gasteiger partial charge in [0.1, 0.15) is 12.4 Å². The van der Waals surface area contributed by atoms with Crippen molar-refractivity contribution < 1.29 is 4.74 Å². The van der Waals surface area contributed by atoms with Gasteiger partial charge in [-0.05, 0) is 36.2 Å². The van der Waals surface area contributed by atoms with E-state index in [0.29, 0.717) is 6.61 Å². The second-order valence-corrected chi connectivity index (χ2v) is 5.75. The Morgan fingerprint density at radius 2 is 1.79 bits per heavy atom. The molecule has 0 fully saturated rings. The van der Waals surface area contributed by atoms with Crippen LogP contribution >= 0.6 is 0 Å². The third kappa shape index (κ3) is 5.25. The second-order valence-electron chi connectivity index (χ2n) is 5.75. The van der Waals surface area contributed by atoms with Crippen LogP contribution in [-0.2, 0) is 19.7 Å². The van der Waals surface area contributed by atoms with Crippen molar-refractivity contribution in [2.24, 2.45) is 0 Å². The molecule has 2 aromatic carbocycles. The fraction of sp³-hybridized carbons (Fsp3) is 0.250. The summed E-state index contributed by atoms with van der Waals surface area (Å²) in [5, 5.41) is 3.47. The van der Waals surface area contributed by atoms with E-state index in [9.17, 15) is 0 Å². The maximum absolute atomic E-state index is 5.80. The van der Waals surface area contributed by atoms with E-state index in [-0.39, 0.29) is 0 Å². The molecule has 0 saturated carbocycles. The molecule has 3 aromatic rings. The lowest BCUT2D eigenvalue weighted by Crippen LogP contribution is -2.16. The van der Waals surface area contributed by atoms with E-state index in [2.05, 4.69) is 39.1 Å². The van der Waals surface area contributed by atoms with E-state index in [0.717, 1.165) is 31.8 Å². The maximum atomic E-state index is 5.80. The van der Waals surface area contributed by atoms with E-state index in [1.54, 1.807) is 0 Å². The number of aromatic nitrogens is 2. The Kier molecular flexibility index (Phi) is 6.03. The van der Waals surface area contributed by atoms with Gasteiger partial charge >= 0.3 is 0 Å². The monoisotopic (exact) mass is 321 g/mol. The number of nitrogens with one attached hydrogen (secondary N) is 1. The zero-order valence-corrected chi connectivity index (χ0v) is 13.8. The zero-order valence-electron chi connectivity index (χ0n) is 13.8. The number of aryl methyl sites for hydroxylation is 1. The summed E-state index contributed by atoms with van der Waals surface area (Å²) in [6.07, 6.45) is 6.76. The van der Waals surface area contributed by atoms with Gasteiger partial charge in [0.15, 0.2) is 0 Å². The minimum absolute atomic E-state index is 0.604. The number of ether oxygens (including phenoxy) is 1. The Labute approximate surface area is 143 Å². The van der Waals surface area contributed by atoms with Gasteiger partial charge < -0.3 is 14.6 Å². The first-order valence-electron chi connectivity index (χ1n) is 8.32. The molecule has 0 radical (unpaired) electrons. The van der Waals surface area contributed by atoms with E-state index in [1.165, 1.54) is 11.1 Å². The van der Waals surface area contributed by atoms with Crippen LogP contribution < -0.4 is 10.1 Å². The van der Waals surface area contributed by atoms with Crippen molar-refractivity contribution in [3.8, 4) is 5.75 Å². The van der Waals surface area contributed by atoms with Gasteiger partial charge in [-0.1, -0.05) is 42.5 Å². The average molecular weight is 321 g/mol. The largest absolute Gasteiger partial charge is 0.489 e. The van der Waals surface area contributed by atoms with Crippen molar-refractivity contribution in [3.05, 3.63) is 84.4 Å². The van der Waals surface area contributed by atoms with Crippen LogP contribution in [-0.4, -0.2) is 16.1 Å². The molecule has 0 saturated heterocycles. The summed E-state index contributed by atoms with van der Waals surface area (Å²) in [5.41, 5.74) is 2.45. The quantitative estimate of drug-likeness (QED) is 0.612. The fourth-order valence-electron chi connectivity index (χ4n) is 2.48. The Morgan fingerprint density at radius 1 is 0.958 bits per heavy atom. The summed E-state index contributed by atoms with van der Waals surface area (Å²) in [5.74, 6) is 0.905. The molecule has 1 heterocycles. The van der Waals surface area contributed by atoms with Gasteiger partial charge in [0.05, 0.1) is 6.33 Å². The van der Waals surface area contributed by atoms with Gasteiger partial charge in [-0.2, -0.15) is 0 Å². The highest BCUT2D eigenvalue weighted by Gasteiger charge is 1.97. The van der Waals surface area contributed by atoms with Crippen LogP contribution in [0.5, 0.6) is 5.75 Å². The first-order valence-corrected chi connectivity index (χ1v) is 8.32. The minimum atomic E-state index is 0.604. The lowest BCUT2D eigenvalue weighted by Gasteiger charge is -2.08. The molecule has 4 heteroatoms. The highest BCUT2D eigenvalue weighted by atomic mass is 16.5. The molecule has 4 nitrogen and oxygen atoms in total. The van der Waals surface area contributed by atoms with Crippen LogP contribution in [0.1, 0.15) is 17.5 Å². The molecular formula is C20H23N3O. The van der Waals surface area contributed by atoms with Crippen molar-refractivity contribution in [2.45, 2.75) is 26.1 Å². The number of imidazole rings is 1. The van der Waals surface area contributed by atoms with Crippen LogP contribution in [0.3, 0.4) is 0 Å². The number of hydrogen-bond acceptors (Lipinski definition) is 3. The van der Waals surface area contributed by atoms with Gasteiger partial charge in [-0.15, -0.1) is 0 Å². The van der Waals surface area contributed by atoms with Crippen LogP contribution in [0.25, 0.3) is 0 Å². The molecule has 0 unspecified atom stereocenters. The lowest BCUT2D eigenvalue weighted by molar-refractivity contribution is 0.306. The fourth-order valence-corrected chi connectivity index (χ4v) is 2.48. The molecule has 0 bridgehead atoms. The Balaban J connectivity index is 1.35. The highest BCUT2D eigenvalue weighted by molar-refractivity contribution is 5.27. The molecule has 0 amide bonds. The predicted molar refractivity (Wildman–Crippen MR) is 95.8 cm³/mol. The number of benzene rings is 2. The Hall–Kier alpha value is -2.59. The normalized spacial score (nSPS) is 10.7. The Morgan fingerprint density at radius 3 is 2.54 bits per heavy atom. The molecule has 24 heavy (non-hydrogen) atoms. The number of rotatable bonds is 9. The topological polar surface area (TPSA) is 39.1 Å². The first kappa shape index (κ1) is 16.3. The molecule has 0 atom stereocenters. The summed E-state index contributed by atoms with van der Waals surface area (Å²) in [7, 11) is 0. The molecular weight excluding hydrogens is 298 g/mol. The maximum Gasteiger partial charge on any atom is 0.119 e. The van der Waals surface area contributed by atoms with Crippen molar-refractivity contribution in [1.82, 2.24) is 14.9 Å². The molecule has 3 rings (SSSR count). The summed E-state index contributed by atoms with van der Waals surface area (Å²) in [6.45, 7) is 3.47. The molecule has 1 aromatic heterocycles. The number of hydrogen-bond donors (Lipinski definition) is 1. The van der Waals surface area contributed by atoms with Crippen LogP contribution in [0.15, 0.2) is 73.3 Å². The molecule has 0 aliphatic carbocycles. The molecule has 0 spiro atoms. The number of nitrogens with zero attached hydrogens (tertiary/aromatic N) is 2. The van der Waals surface area contributed by atoms with E-state index < -0.39 is 0 Å². The first-order chi connectivity index (χ1) is 11.9. The highest BCUT2D eigenvalue weighted by Crippen LogP contribution is 2.14. The second kappa shape index (κ2) is 8.89. The standard InChI is InChI=1S/C20H23N3O/c1-2-5-19(6-3-1)16-24-20-9-7-18(8-10-20)15-21-11-4-13-23-14-12-22-17-23/h1-3,5-10,12,14,17,21H,4,11,13,15-16H2. The minimum Gasteiger partial charge on any atom is -0.489 e. The van der Waals surface area contributed by atoms with Crippen molar-refractivity contribution in [2.75, 3.05) is 6.54 Å². The summed E-state index contributed by atoms with van der Waals surface area (Å²) < 4.78 is 7.90. The third-order valence-electron chi connectivity index (χ3n) is 3.83. The van der Waals surface area contributed by atoms with Gasteiger partial charge in [-0.25, -0.2) is 4.98 Å². The molecule has 1 N–H and O–H groups in total. The average Bonchev–Trinajstić information content (AvgIpc) is 3.15. The van der Waals surface area contributed by atoms with Gasteiger partial charge in [-0.3, -0.25) is 0 Å². The van der Waals surface area contributed by atoms with Crippen LogP contribution in [0.2, 0.25) is 0 Å². The van der Waals surface area contributed by atoms with E-state index in [4.69, 9.17) is 4.74 Å². The van der Waals surface area contributed by atoms with Crippen molar-refractivity contribution >= 4 is 0 Å². The summed E-state index contributed by atoms with van der Waals surface area (Å²) >= 11 is 0. The van der Waals surface area contributed by atoms with Crippen LogP contribution in [0, 0.1) is 0 Å². The predicted octanol–water partition coefficient (Wildman–Crippen LogP) is 3.64. The van der Waals surface area contributed by atoms with E-state index >= 15 is 0 Å². The van der Waals surface area contributed by atoms with E-state index in [1.807, 2.05) is 49.1 Å². The smallest absolute Gasteiger partial charge is 0.119 e. The Bertz CT molecular complexity index is 694. The van der Waals surface area contributed by atoms with Crippen molar-refractivity contribution in [3.63, 3.8) is 0 Å². The molecule has 0 aliphatic rings.